The van der Waals surface area contributed by atoms with Gasteiger partial charge in [-0.25, -0.2) is 0 Å². The number of carbonyl (C=O) groups is 1. The summed E-state index contributed by atoms with van der Waals surface area (Å²) in [5, 5.41) is 0.580. The number of halogens is 1. The predicted octanol–water partition coefficient (Wildman–Crippen LogP) is 4.63. The first-order valence-corrected chi connectivity index (χ1v) is 9.72. The maximum atomic E-state index is 13.1. The quantitative estimate of drug-likeness (QED) is 0.506. The highest BCUT2D eigenvalue weighted by Crippen LogP contribution is 2.23. The second kappa shape index (κ2) is 8.85. The zero-order valence-corrected chi connectivity index (χ0v) is 17.1. The van der Waals surface area contributed by atoms with E-state index in [9.17, 15) is 9.59 Å². The van der Waals surface area contributed by atoms with Crippen molar-refractivity contribution in [2.24, 2.45) is 0 Å². The lowest BCUT2D eigenvalue weighted by Gasteiger charge is -2.21. The molecule has 0 aliphatic carbocycles. The third kappa shape index (κ3) is 4.15. The van der Waals surface area contributed by atoms with Gasteiger partial charge < -0.3 is 9.47 Å². The fourth-order valence-corrected chi connectivity index (χ4v) is 3.50. The molecule has 28 heavy (non-hydrogen) atoms. The lowest BCUT2D eigenvalue weighted by molar-refractivity contribution is -0.130. The predicted molar refractivity (Wildman–Crippen MR) is 118 cm³/mol. The molecule has 0 saturated carbocycles. The number of pyridine rings is 1. The number of amides is 1. The molecule has 0 N–H and O–H groups in total. The Morgan fingerprint density at radius 1 is 1.07 bits per heavy atom. The molecular formula is C23H21BrN2O2. The Morgan fingerprint density at radius 3 is 2.39 bits per heavy atom. The van der Waals surface area contributed by atoms with Gasteiger partial charge in [-0.1, -0.05) is 58.4 Å². The molecule has 142 valence electrons. The molecule has 0 fully saturated rings. The smallest absolute Gasteiger partial charge is 0.243 e. The summed E-state index contributed by atoms with van der Waals surface area (Å²) < 4.78 is 2.69. The van der Waals surface area contributed by atoms with Crippen molar-refractivity contribution >= 4 is 32.7 Å². The Labute approximate surface area is 172 Å². The van der Waals surface area contributed by atoms with Crippen LogP contribution in [-0.2, 0) is 11.3 Å². The molecule has 0 aliphatic rings. The fourth-order valence-electron chi connectivity index (χ4n) is 3.15. The van der Waals surface area contributed by atoms with Gasteiger partial charge in [-0.05, 0) is 23.8 Å². The fraction of sp³-hybridized carbons (Fsp3) is 0.130. The SMILES string of the molecule is C=CCN(CC=C)C(=O)Cn1cc(-c2ccccc2)c(=O)c2ccc(Br)cc21. The normalized spacial score (nSPS) is 10.6. The van der Waals surface area contributed by atoms with E-state index < -0.39 is 0 Å². The minimum Gasteiger partial charge on any atom is -0.337 e. The van der Waals surface area contributed by atoms with Gasteiger partial charge in [-0.15, -0.1) is 13.2 Å². The number of aromatic nitrogens is 1. The van der Waals surface area contributed by atoms with Crippen LogP contribution in [0.15, 0.2) is 89.3 Å². The molecule has 5 heteroatoms. The van der Waals surface area contributed by atoms with Crippen molar-refractivity contribution in [3.8, 4) is 11.1 Å². The molecule has 0 radical (unpaired) electrons. The van der Waals surface area contributed by atoms with Crippen molar-refractivity contribution in [1.29, 1.82) is 0 Å². The Kier molecular flexibility index (Phi) is 6.26. The van der Waals surface area contributed by atoms with E-state index in [0.717, 1.165) is 10.0 Å². The van der Waals surface area contributed by atoms with E-state index in [1.165, 1.54) is 0 Å². The number of nitrogens with zero attached hydrogens (tertiary/aromatic N) is 2. The van der Waals surface area contributed by atoms with E-state index in [2.05, 4.69) is 29.1 Å². The van der Waals surface area contributed by atoms with Crippen molar-refractivity contribution < 1.29 is 4.79 Å². The molecule has 0 atom stereocenters. The van der Waals surface area contributed by atoms with E-state index in [1.807, 2.05) is 47.0 Å². The number of rotatable bonds is 7. The number of carbonyl (C=O) groups excluding carboxylic acids is 1. The molecule has 0 aliphatic heterocycles. The second-order valence-corrected chi connectivity index (χ2v) is 7.32. The first kappa shape index (κ1) is 19.8. The third-order valence-corrected chi connectivity index (χ3v) is 4.98. The molecule has 3 aromatic rings. The number of fused-ring (bicyclic) bond motifs is 1. The maximum Gasteiger partial charge on any atom is 0.243 e. The van der Waals surface area contributed by atoms with E-state index in [0.29, 0.717) is 29.6 Å². The first-order chi connectivity index (χ1) is 13.5. The van der Waals surface area contributed by atoms with Crippen LogP contribution >= 0.6 is 15.9 Å². The topological polar surface area (TPSA) is 42.3 Å². The van der Waals surface area contributed by atoms with Crippen LogP contribution in [0.1, 0.15) is 0 Å². The zero-order valence-electron chi connectivity index (χ0n) is 15.5. The van der Waals surface area contributed by atoms with Crippen molar-refractivity contribution in [1.82, 2.24) is 9.47 Å². The molecule has 1 aromatic heterocycles. The Balaban J connectivity index is 2.15. The van der Waals surface area contributed by atoms with Crippen molar-refractivity contribution in [3.05, 3.63) is 94.7 Å². The molecule has 1 amide bonds. The number of benzene rings is 2. The van der Waals surface area contributed by atoms with E-state index >= 15 is 0 Å². The average Bonchev–Trinajstić information content (AvgIpc) is 2.70. The Bertz CT molecular complexity index is 1080. The van der Waals surface area contributed by atoms with Crippen LogP contribution in [-0.4, -0.2) is 28.5 Å². The molecule has 1 heterocycles. The Hall–Kier alpha value is -2.92. The summed E-state index contributed by atoms with van der Waals surface area (Å²) in [6, 6.07) is 15.0. The highest BCUT2D eigenvalue weighted by atomic mass is 79.9. The minimum absolute atomic E-state index is 0.0496. The monoisotopic (exact) mass is 436 g/mol. The van der Waals surface area contributed by atoms with Crippen LogP contribution in [0.5, 0.6) is 0 Å². The number of hydrogen-bond donors (Lipinski definition) is 0. The van der Waals surface area contributed by atoms with Gasteiger partial charge in [0.2, 0.25) is 5.91 Å². The summed E-state index contributed by atoms with van der Waals surface area (Å²) in [5.74, 6) is -0.0660. The highest BCUT2D eigenvalue weighted by Gasteiger charge is 2.16. The summed E-state index contributed by atoms with van der Waals surface area (Å²) in [5.41, 5.74) is 2.06. The molecule has 0 spiro atoms. The van der Waals surface area contributed by atoms with Gasteiger partial charge in [-0.2, -0.15) is 0 Å². The van der Waals surface area contributed by atoms with Gasteiger partial charge in [0.15, 0.2) is 5.43 Å². The average molecular weight is 437 g/mol. The lowest BCUT2D eigenvalue weighted by Crippen LogP contribution is -2.34. The van der Waals surface area contributed by atoms with Crippen molar-refractivity contribution in [3.63, 3.8) is 0 Å². The van der Waals surface area contributed by atoms with E-state index in [-0.39, 0.29) is 17.9 Å². The molecule has 4 nitrogen and oxygen atoms in total. The van der Waals surface area contributed by atoms with Gasteiger partial charge in [0, 0.05) is 34.7 Å². The summed E-state index contributed by atoms with van der Waals surface area (Å²) in [6.07, 6.45) is 5.15. The van der Waals surface area contributed by atoms with Gasteiger partial charge in [0.1, 0.15) is 6.54 Å². The van der Waals surface area contributed by atoms with Crippen LogP contribution in [0.4, 0.5) is 0 Å². The standard InChI is InChI=1S/C23H21BrN2O2/c1-3-12-25(13-4-2)22(27)16-26-15-20(17-8-6-5-7-9-17)23(28)19-11-10-18(24)14-21(19)26/h3-11,14-15H,1-2,12-13,16H2. The van der Waals surface area contributed by atoms with Gasteiger partial charge in [-0.3, -0.25) is 9.59 Å². The molecule has 2 aromatic carbocycles. The molecule has 0 saturated heterocycles. The van der Waals surface area contributed by atoms with Gasteiger partial charge in [0.05, 0.1) is 5.52 Å². The maximum absolute atomic E-state index is 13.1. The summed E-state index contributed by atoms with van der Waals surface area (Å²) in [7, 11) is 0. The highest BCUT2D eigenvalue weighted by molar-refractivity contribution is 9.10. The van der Waals surface area contributed by atoms with Crippen LogP contribution in [0, 0.1) is 0 Å². The Morgan fingerprint density at radius 2 is 1.75 bits per heavy atom. The molecule has 3 rings (SSSR count). The van der Waals surface area contributed by atoms with E-state index in [1.54, 1.807) is 29.3 Å². The molecule has 0 bridgehead atoms. The molecule has 0 unspecified atom stereocenters. The number of hydrogen-bond acceptors (Lipinski definition) is 2. The largest absolute Gasteiger partial charge is 0.337 e. The van der Waals surface area contributed by atoms with Crippen LogP contribution < -0.4 is 5.43 Å². The van der Waals surface area contributed by atoms with Crippen LogP contribution in [0.25, 0.3) is 22.0 Å². The third-order valence-electron chi connectivity index (χ3n) is 4.49. The molecular weight excluding hydrogens is 416 g/mol. The summed E-state index contributed by atoms with van der Waals surface area (Å²) >= 11 is 3.46. The minimum atomic E-state index is -0.0660. The summed E-state index contributed by atoms with van der Waals surface area (Å²) in [6.45, 7) is 8.44. The first-order valence-electron chi connectivity index (χ1n) is 8.93. The van der Waals surface area contributed by atoms with Crippen LogP contribution in [0.3, 0.4) is 0 Å². The van der Waals surface area contributed by atoms with Crippen molar-refractivity contribution in [2.45, 2.75) is 6.54 Å². The van der Waals surface area contributed by atoms with Crippen LogP contribution in [0.2, 0.25) is 0 Å². The van der Waals surface area contributed by atoms with Gasteiger partial charge >= 0.3 is 0 Å². The second-order valence-electron chi connectivity index (χ2n) is 6.40. The van der Waals surface area contributed by atoms with Gasteiger partial charge in [0.25, 0.3) is 0 Å². The lowest BCUT2D eigenvalue weighted by atomic mass is 10.0. The van der Waals surface area contributed by atoms with Crippen molar-refractivity contribution in [2.75, 3.05) is 13.1 Å². The zero-order chi connectivity index (χ0) is 20.1. The summed E-state index contributed by atoms with van der Waals surface area (Å²) in [4.78, 5) is 27.6. The van der Waals surface area contributed by atoms with E-state index in [4.69, 9.17) is 0 Å².